The number of fused-ring (bicyclic) bond motifs is 1. The second kappa shape index (κ2) is 11.7. The third-order valence-electron chi connectivity index (χ3n) is 4.58. The average molecular weight is 450 g/mol. The molecule has 0 spiro atoms. The Hall–Kier alpha value is -3.64. The van der Waals surface area contributed by atoms with Crippen LogP contribution in [0, 0.1) is 5.41 Å². The monoisotopic (exact) mass is 449 g/mol. The Morgan fingerprint density at radius 2 is 2.06 bits per heavy atom. The summed E-state index contributed by atoms with van der Waals surface area (Å²) in [6.45, 7) is 2.49. The van der Waals surface area contributed by atoms with Crippen LogP contribution in [0.25, 0.3) is 11.2 Å². The molecule has 2 rings (SSSR count). The Morgan fingerprint density at radius 3 is 2.69 bits per heavy atom. The number of guanidine groups is 1. The van der Waals surface area contributed by atoms with Crippen molar-refractivity contribution in [3.63, 3.8) is 0 Å². The molecule has 2 aromatic rings. The fourth-order valence-corrected chi connectivity index (χ4v) is 2.94. The Bertz CT molecular complexity index is 931. The number of aliphatic carboxylic acids is 1. The minimum atomic E-state index is -1.25. The number of carbonyl (C=O) groups is 2. The van der Waals surface area contributed by atoms with E-state index in [2.05, 4.69) is 25.3 Å². The minimum absolute atomic E-state index is 0.0117. The molecule has 1 atom stereocenters. The highest BCUT2D eigenvalue weighted by Gasteiger charge is 2.34. The molecule has 176 valence electrons. The zero-order chi connectivity index (χ0) is 23.7. The number of hydrogen-bond donors (Lipinski definition) is 5. The van der Waals surface area contributed by atoms with Gasteiger partial charge in [-0.05, 0) is 19.3 Å². The third kappa shape index (κ3) is 6.68. The van der Waals surface area contributed by atoms with Gasteiger partial charge in [-0.25, -0.2) is 19.5 Å². The molecule has 32 heavy (non-hydrogen) atoms. The molecule has 0 bridgehead atoms. The molecule has 1 amide bonds. The van der Waals surface area contributed by atoms with Gasteiger partial charge in [-0.15, -0.1) is 0 Å². The predicted octanol–water partition coefficient (Wildman–Crippen LogP) is 1.27. The van der Waals surface area contributed by atoms with Crippen molar-refractivity contribution in [2.24, 2.45) is 5.73 Å². The Morgan fingerprint density at radius 1 is 1.31 bits per heavy atom. The quantitative estimate of drug-likeness (QED) is 0.179. The van der Waals surface area contributed by atoms with Crippen LogP contribution in [0.1, 0.15) is 39.0 Å². The molecule has 2 aromatic heterocycles. The summed E-state index contributed by atoms with van der Waals surface area (Å²) in [5.41, 5.74) is 6.02. The van der Waals surface area contributed by atoms with Crippen molar-refractivity contribution in [1.82, 2.24) is 25.3 Å². The molecule has 13 heteroatoms. The second-order valence-corrected chi connectivity index (χ2v) is 7.39. The van der Waals surface area contributed by atoms with Crippen molar-refractivity contribution < 1.29 is 19.4 Å². The van der Waals surface area contributed by atoms with E-state index in [0.717, 1.165) is 17.7 Å². The van der Waals surface area contributed by atoms with Gasteiger partial charge in [-0.3, -0.25) is 5.41 Å². The Labute approximate surface area is 185 Å². The lowest BCUT2D eigenvalue weighted by Gasteiger charge is -2.26. The summed E-state index contributed by atoms with van der Waals surface area (Å²) in [5.74, 6) is -0.984. The predicted molar refractivity (Wildman–Crippen MR) is 120 cm³/mol. The maximum atomic E-state index is 12.9. The number of nitrogens with zero attached hydrogens (tertiary/aromatic N) is 5. The van der Waals surface area contributed by atoms with Gasteiger partial charge < -0.3 is 30.8 Å². The van der Waals surface area contributed by atoms with Crippen LogP contribution in [-0.2, 0) is 9.53 Å². The molecule has 0 aliphatic heterocycles. The van der Waals surface area contributed by atoms with E-state index in [1.165, 1.54) is 6.20 Å². The molecule has 13 nitrogen and oxygen atoms in total. The summed E-state index contributed by atoms with van der Waals surface area (Å²) in [5, 5.41) is 19.7. The van der Waals surface area contributed by atoms with Gasteiger partial charge in [0.25, 0.3) is 0 Å². The smallest absolute Gasteiger partial charge is 0.417 e. The van der Waals surface area contributed by atoms with Crippen LogP contribution in [-0.4, -0.2) is 76.4 Å². The van der Waals surface area contributed by atoms with Crippen molar-refractivity contribution >= 4 is 41.1 Å². The highest BCUT2D eigenvalue weighted by molar-refractivity contribution is 5.94. The zero-order valence-corrected chi connectivity index (χ0v) is 18.6. The van der Waals surface area contributed by atoms with E-state index >= 15 is 0 Å². The Kier molecular flexibility index (Phi) is 8.98. The van der Waals surface area contributed by atoms with E-state index in [-0.39, 0.29) is 31.5 Å². The van der Waals surface area contributed by atoms with Crippen molar-refractivity contribution in [2.75, 3.05) is 37.0 Å². The lowest BCUT2D eigenvalue weighted by atomic mass is 10.1. The molecular formula is C19H31N9O4. The number of amides is 1. The fourth-order valence-electron chi connectivity index (χ4n) is 2.94. The van der Waals surface area contributed by atoms with Gasteiger partial charge in [-0.2, -0.15) is 9.97 Å². The van der Waals surface area contributed by atoms with Crippen molar-refractivity contribution in [3.05, 3.63) is 6.20 Å². The number of rotatable bonds is 12. The number of aromatic nitrogens is 4. The number of hydrogen-bond acceptors (Lipinski definition) is 8. The number of carboxylic acid groups (broad SMARTS) is 1. The van der Waals surface area contributed by atoms with Gasteiger partial charge in [0.2, 0.25) is 11.9 Å². The highest BCUT2D eigenvalue weighted by atomic mass is 16.6. The number of aromatic amines is 1. The van der Waals surface area contributed by atoms with Crippen molar-refractivity contribution in [3.8, 4) is 0 Å². The molecule has 0 aliphatic carbocycles. The first kappa shape index (κ1) is 24.6. The zero-order valence-electron chi connectivity index (χ0n) is 18.6. The number of carbonyl (C=O) groups excluding carboxylic acids is 1. The van der Waals surface area contributed by atoms with Crippen molar-refractivity contribution in [2.45, 2.75) is 45.1 Å². The lowest BCUT2D eigenvalue weighted by molar-refractivity contribution is -0.138. The molecule has 0 saturated carbocycles. The third-order valence-corrected chi connectivity index (χ3v) is 4.58. The fraction of sp³-hybridized carbons (Fsp3) is 0.579. The van der Waals surface area contributed by atoms with Gasteiger partial charge in [0.15, 0.2) is 11.6 Å². The summed E-state index contributed by atoms with van der Waals surface area (Å²) >= 11 is 0. The van der Waals surface area contributed by atoms with Gasteiger partial charge in [0.1, 0.15) is 11.6 Å². The normalized spacial score (nSPS) is 11.7. The molecule has 0 aliphatic rings. The summed E-state index contributed by atoms with van der Waals surface area (Å²) in [4.78, 5) is 43.5. The van der Waals surface area contributed by atoms with Crippen LogP contribution in [0.5, 0.6) is 0 Å². The topological polar surface area (TPSA) is 186 Å². The second-order valence-electron chi connectivity index (χ2n) is 7.39. The summed E-state index contributed by atoms with van der Waals surface area (Å²) in [6, 6.07) is -1.25. The Balaban J connectivity index is 2.33. The number of unbranched alkanes of at least 4 members (excludes halogenated alkanes) is 2. The SMILES string of the molecule is CCCCCOC(=O)N(c1nc2nc(N(C)C)ncc2[nH]1)[C@@H](CCCNC(=N)N)C(=O)O. The van der Waals surface area contributed by atoms with E-state index in [1.54, 1.807) is 19.0 Å². The van der Waals surface area contributed by atoms with Gasteiger partial charge in [0, 0.05) is 20.6 Å². The van der Waals surface area contributed by atoms with Gasteiger partial charge in [0.05, 0.1) is 12.8 Å². The van der Waals surface area contributed by atoms with Gasteiger partial charge in [-0.1, -0.05) is 19.8 Å². The van der Waals surface area contributed by atoms with E-state index in [9.17, 15) is 14.7 Å². The number of H-pyrrole nitrogens is 1. The van der Waals surface area contributed by atoms with Crippen LogP contribution in [0.2, 0.25) is 0 Å². The van der Waals surface area contributed by atoms with E-state index in [1.807, 2.05) is 6.92 Å². The van der Waals surface area contributed by atoms with Crippen LogP contribution in [0.15, 0.2) is 6.20 Å². The van der Waals surface area contributed by atoms with E-state index in [4.69, 9.17) is 15.9 Å². The standard InChI is InChI=1S/C19H31N9O4/c1-4-5-6-10-32-19(31)28(13(15(29)30)8-7-9-22-16(20)21)18-24-12-11-23-17(27(2)3)25-14(12)26-18/h11,13H,4-10H2,1-3H3,(H,29,30)(H4,20,21,22)(H,23,24,25,26)/t13-/m0/s1. The van der Waals surface area contributed by atoms with Crippen molar-refractivity contribution in [1.29, 1.82) is 5.41 Å². The minimum Gasteiger partial charge on any atom is -0.480 e. The van der Waals surface area contributed by atoms with Crippen LogP contribution in [0.3, 0.4) is 0 Å². The summed E-state index contributed by atoms with van der Waals surface area (Å²) in [6.07, 6.45) is 3.66. The molecule has 0 fully saturated rings. The number of nitrogens with one attached hydrogen (secondary N) is 3. The first-order valence-corrected chi connectivity index (χ1v) is 10.4. The summed E-state index contributed by atoms with van der Waals surface area (Å²) in [7, 11) is 3.56. The van der Waals surface area contributed by atoms with Crippen LogP contribution >= 0.6 is 0 Å². The van der Waals surface area contributed by atoms with Crippen LogP contribution in [0.4, 0.5) is 16.7 Å². The first-order chi connectivity index (χ1) is 15.2. The number of imidazole rings is 1. The highest BCUT2D eigenvalue weighted by Crippen LogP contribution is 2.22. The van der Waals surface area contributed by atoms with E-state index < -0.39 is 18.1 Å². The molecule has 0 radical (unpaired) electrons. The summed E-state index contributed by atoms with van der Waals surface area (Å²) < 4.78 is 5.34. The number of ether oxygens (including phenoxy) is 1. The molecule has 0 aromatic carbocycles. The maximum absolute atomic E-state index is 12.9. The van der Waals surface area contributed by atoms with E-state index in [0.29, 0.717) is 30.0 Å². The first-order valence-electron chi connectivity index (χ1n) is 10.4. The lowest BCUT2D eigenvalue weighted by Crippen LogP contribution is -2.47. The largest absolute Gasteiger partial charge is 0.480 e. The number of anilines is 2. The number of carboxylic acids is 1. The molecule has 0 unspecified atom stereocenters. The molecule has 2 heterocycles. The molecule has 0 saturated heterocycles. The average Bonchev–Trinajstić information content (AvgIpc) is 3.15. The van der Waals surface area contributed by atoms with Crippen LogP contribution < -0.4 is 20.9 Å². The molecular weight excluding hydrogens is 418 g/mol. The molecule has 6 N–H and O–H groups in total. The van der Waals surface area contributed by atoms with Gasteiger partial charge >= 0.3 is 12.1 Å². The number of nitrogens with two attached hydrogens (primary N) is 1. The maximum Gasteiger partial charge on any atom is 0.417 e.